The van der Waals surface area contributed by atoms with E-state index in [1.54, 1.807) is 0 Å². The fraction of sp³-hybridized carbons (Fsp3) is 0.435. The molecule has 4 heteroatoms. The summed E-state index contributed by atoms with van der Waals surface area (Å²) in [5.41, 5.74) is 7.30. The van der Waals surface area contributed by atoms with Crippen LogP contribution in [0.5, 0.6) is 0 Å². The zero-order valence-corrected chi connectivity index (χ0v) is 18.6. The number of carbonyl (C=O) groups is 1. The molecule has 27 heavy (non-hydrogen) atoms. The van der Waals surface area contributed by atoms with Crippen LogP contribution in [0.1, 0.15) is 43.7 Å². The number of piperidine rings is 1. The summed E-state index contributed by atoms with van der Waals surface area (Å²) < 4.78 is 1.02. The van der Waals surface area contributed by atoms with Gasteiger partial charge in [-0.15, -0.1) is 0 Å². The van der Waals surface area contributed by atoms with E-state index in [0.717, 1.165) is 28.6 Å². The fourth-order valence-corrected chi connectivity index (χ4v) is 4.51. The van der Waals surface area contributed by atoms with E-state index in [1.807, 2.05) is 60.7 Å². The summed E-state index contributed by atoms with van der Waals surface area (Å²) in [7, 11) is 2.34. The van der Waals surface area contributed by atoms with E-state index >= 15 is 0 Å². The molecule has 2 unspecified atom stereocenters. The van der Waals surface area contributed by atoms with Gasteiger partial charge in [-0.1, -0.05) is 60.7 Å². The van der Waals surface area contributed by atoms with Crippen LogP contribution in [0.4, 0.5) is 0 Å². The van der Waals surface area contributed by atoms with Crippen molar-refractivity contribution in [3.05, 3.63) is 71.8 Å². The first-order chi connectivity index (χ1) is 12.5. The lowest BCUT2D eigenvalue weighted by atomic mass is 9.71. The Morgan fingerprint density at radius 2 is 1.56 bits per heavy atom. The lowest BCUT2D eigenvalue weighted by Gasteiger charge is -2.45. The van der Waals surface area contributed by atoms with Gasteiger partial charge in [0.25, 0.3) is 0 Å². The Bertz CT molecular complexity index is 695. The Labute approximate surface area is 180 Å². The van der Waals surface area contributed by atoms with Gasteiger partial charge in [0.2, 0.25) is 5.91 Å². The van der Waals surface area contributed by atoms with Gasteiger partial charge in [-0.05, 0) is 37.3 Å². The molecular formula is C23H31IN2O. The van der Waals surface area contributed by atoms with Crippen molar-refractivity contribution >= 4 is 5.91 Å². The molecule has 1 heterocycles. The molecule has 0 bridgehead atoms. The molecule has 146 valence electrons. The third kappa shape index (κ3) is 4.37. The minimum absolute atomic E-state index is 0. The van der Waals surface area contributed by atoms with Gasteiger partial charge in [0.15, 0.2) is 0 Å². The predicted molar refractivity (Wildman–Crippen MR) is 107 cm³/mol. The normalized spacial score (nSPS) is 22.7. The number of nitrogens with zero attached hydrogens (tertiary/aromatic N) is 1. The van der Waals surface area contributed by atoms with Crippen molar-refractivity contribution in [1.82, 2.24) is 0 Å². The Hall–Kier alpha value is -1.40. The van der Waals surface area contributed by atoms with Crippen LogP contribution in [-0.2, 0) is 10.2 Å². The maximum atomic E-state index is 12.9. The molecule has 1 fully saturated rings. The van der Waals surface area contributed by atoms with Crippen LogP contribution in [0.3, 0.4) is 0 Å². The number of halogens is 1. The minimum Gasteiger partial charge on any atom is -1.00 e. The smallest absolute Gasteiger partial charge is 0.232 e. The van der Waals surface area contributed by atoms with Crippen molar-refractivity contribution in [3.8, 4) is 0 Å². The van der Waals surface area contributed by atoms with Crippen LogP contribution in [0, 0.1) is 0 Å². The SMILES string of the molecule is CC1CCCC[N+]1(C)CCC(C(N)=O)(c1ccccc1)c1ccccc1.[I-]. The quantitative estimate of drug-likeness (QED) is 0.486. The van der Waals surface area contributed by atoms with Crippen LogP contribution >= 0.6 is 0 Å². The lowest BCUT2D eigenvalue weighted by Crippen LogP contribution is -3.00. The first kappa shape index (κ1) is 21.9. The van der Waals surface area contributed by atoms with Gasteiger partial charge in [0.1, 0.15) is 5.41 Å². The highest BCUT2D eigenvalue weighted by Gasteiger charge is 2.43. The molecule has 0 spiro atoms. The van der Waals surface area contributed by atoms with E-state index in [9.17, 15) is 4.79 Å². The van der Waals surface area contributed by atoms with Gasteiger partial charge in [0, 0.05) is 6.42 Å². The van der Waals surface area contributed by atoms with Crippen molar-refractivity contribution in [1.29, 1.82) is 0 Å². The molecule has 1 aliphatic rings. The zero-order chi connectivity index (χ0) is 18.6. The van der Waals surface area contributed by atoms with Gasteiger partial charge >= 0.3 is 0 Å². The van der Waals surface area contributed by atoms with Crippen molar-refractivity contribution in [2.24, 2.45) is 5.73 Å². The summed E-state index contributed by atoms with van der Waals surface area (Å²) >= 11 is 0. The average molecular weight is 478 g/mol. The fourth-order valence-electron chi connectivity index (χ4n) is 4.51. The summed E-state index contributed by atoms with van der Waals surface area (Å²) in [5.74, 6) is -0.258. The summed E-state index contributed by atoms with van der Waals surface area (Å²) in [4.78, 5) is 12.9. The summed E-state index contributed by atoms with van der Waals surface area (Å²) in [6.07, 6.45) is 4.57. The number of primary amides is 1. The number of nitrogens with two attached hydrogens (primary N) is 1. The zero-order valence-electron chi connectivity index (χ0n) is 16.4. The minimum atomic E-state index is -0.777. The Balaban J connectivity index is 0.00000261. The van der Waals surface area contributed by atoms with Crippen LogP contribution in [0.25, 0.3) is 0 Å². The molecule has 2 aromatic rings. The molecule has 3 rings (SSSR count). The van der Waals surface area contributed by atoms with Crippen LogP contribution in [0.15, 0.2) is 60.7 Å². The van der Waals surface area contributed by atoms with E-state index in [2.05, 4.69) is 14.0 Å². The highest BCUT2D eigenvalue weighted by molar-refractivity contribution is 5.90. The average Bonchev–Trinajstić information content (AvgIpc) is 2.66. The van der Waals surface area contributed by atoms with Gasteiger partial charge in [0.05, 0.1) is 26.2 Å². The molecule has 0 aromatic heterocycles. The van der Waals surface area contributed by atoms with E-state index < -0.39 is 5.41 Å². The number of amides is 1. The molecule has 2 N–H and O–H groups in total. The number of rotatable bonds is 6. The molecule has 1 saturated heterocycles. The third-order valence-electron chi connectivity index (χ3n) is 6.56. The number of carbonyl (C=O) groups excluding carboxylic acids is 1. The molecule has 1 amide bonds. The van der Waals surface area contributed by atoms with E-state index in [-0.39, 0.29) is 29.9 Å². The van der Waals surface area contributed by atoms with Gasteiger partial charge in [-0.25, -0.2) is 0 Å². The molecule has 1 aliphatic heterocycles. The highest BCUT2D eigenvalue weighted by Crippen LogP contribution is 2.37. The second kappa shape index (κ2) is 9.20. The summed E-state index contributed by atoms with van der Waals surface area (Å²) in [6, 6.07) is 20.7. The number of benzene rings is 2. The molecule has 0 aliphatic carbocycles. The van der Waals surface area contributed by atoms with Crippen molar-refractivity contribution in [3.63, 3.8) is 0 Å². The molecule has 2 aromatic carbocycles. The molecule has 2 atom stereocenters. The number of hydrogen-bond acceptors (Lipinski definition) is 1. The predicted octanol–water partition coefficient (Wildman–Crippen LogP) is 0.871. The molecule has 0 saturated carbocycles. The van der Waals surface area contributed by atoms with Crippen LogP contribution in [-0.4, -0.2) is 36.6 Å². The van der Waals surface area contributed by atoms with E-state index in [4.69, 9.17) is 5.73 Å². The summed E-state index contributed by atoms with van der Waals surface area (Å²) in [6.45, 7) is 4.48. The number of quaternary nitrogens is 1. The monoisotopic (exact) mass is 478 g/mol. The van der Waals surface area contributed by atoms with E-state index in [1.165, 1.54) is 25.8 Å². The molecule has 0 radical (unpaired) electrons. The number of hydrogen-bond donors (Lipinski definition) is 1. The van der Waals surface area contributed by atoms with Gasteiger partial charge in [-0.2, -0.15) is 0 Å². The Morgan fingerprint density at radius 3 is 2.00 bits per heavy atom. The van der Waals surface area contributed by atoms with Crippen molar-refractivity contribution in [2.45, 2.75) is 44.1 Å². The third-order valence-corrected chi connectivity index (χ3v) is 6.56. The van der Waals surface area contributed by atoms with Crippen LogP contribution < -0.4 is 29.7 Å². The lowest BCUT2D eigenvalue weighted by molar-refractivity contribution is -0.936. The topological polar surface area (TPSA) is 43.1 Å². The second-order valence-electron chi connectivity index (χ2n) is 8.02. The second-order valence-corrected chi connectivity index (χ2v) is 8.02. The highest BCUT2D eigenvalue weighted by atomic mass is 127. The Morgan fingerprint density at radius 1 is 1.04 bits per heavy atom. The van der Waals surface area contributed by atoms with Crippen molar-refractivity contribution < 1.29 is 33.3 Å². The molecular weight excluding hydrogens is 447 g/mol. The summed E-state index contributed by atoms with van der Waals surface area (Å²) in [5, 5.41) is 0. The maximum absolute atomic E-state index is 12.9. The van der Waals surface area contributed by atoms with Crippen LogP contribution in [0.2, 0.25) is 0 Å². The first-order valence-electron chi connectivity index (χ1n) is 9.74. The largest absolute Gasteiger partial charge is 1.00 e. The molecule has 3 nitrogen and oxygen atoms in total. The Kier molecular flexibility index (Phi) is 7.46. The number of likely N-dealkylation sites (tertiary alicyclic amines) is 1. The maximum Gasteiger partial charge on any atom is 0.232 e. The standard InChI is InChI=1S/C23H30N2O.HI/c1-19-11-9-10-17-25(19,2)18-16-23(22(24)26,20-12-5-3-6-13-20)21-14-7-4-8-15-21;/h3-8,12-15,19H,9-11,16-18H2,1-2H3,(H-,24,26);1H. The van der Waals surface area contributed by atoms with Gasteiger partial charge in [-0.3, -0.25) is 4.79 Å². The van der Waals surface area contributed by atoms with Gasteiger partial charge < -0.3 is 34.2 Å². The van der Waals surface area contributed by atoms with E-state index in [0.29, 0.717) is 6.04 Å². The van der Waals surface area contributed by atoms with Crippen molar-refractivity contribution in [2.75, 3.05) is 20.1 Å². The first-order valence-corrected chi connectivity index (χ1v) is 9.74.